The zero-order valence-electron chi connectivity index (χ0n) is 20.7. The molecule has 8 nitrogen and oxygen atoms in total. The highest BCUT2D eigenvalue weighted by Gasteiger charge is 2.31. The first-order valence-corrected chi connectivity index (χ1v) is 15.6. The van der Waals surface area contributed by atoms with Crippen LogP contribution < -0.4 is 5.32 Å². The maximum atomic E-state index is 12.9. The van der Waals surface area contributed by atoms with Crippen molar-refractivity contribution < 1.29 is 21.6 Å². The quantitative estimate of drug-likeness (QED) is 0.584. The molecule has 0 spiro atoms. The van der Waals surface area contributed by atoms with Crippen LogP contribution in [0.1, 0.15) is 49.7 Å². The van der Waals surface area contributed by atoms with E-state index in [1.165, 1.54) is 16.4 Å². The number of anilines is 1. The standard InChI is InChI=1S/C26H35N3O5S2/c1-21-7-6-8-22(19-21)20-35(31,32)28-17-13-23(14-18-28)26(30)27-24-9-11-25(12-10-24)36(33,34)29-15-4-2-3-5-16-29/h6-12,19,23H,2-5,13-18,20H2,1H3,(H,27,30). The molecule has 0 bridgehead atoms. The Morgan fingerprint density at radius 1 is 0.861 bits per heavy atom. The molecule has 1 amide bonds. The van der Waals surface area contributed by atoms with Gasteiger partial charge >= 0.3 is 0 Å². The number of carbonyl (C=O) groups is 1. The number of aryl methyl sites for hydroxylation is 1. The van der Waals surface area contributed by atoms with Crippen LogP contribution in [0.15, 0.2) is 53.4 Å². The smallest absolute Gasteiger partial charge is 0.243 e. The Kier molecular flexibility index (Phi) is 8.49. The molecule has 0 saturated carbocycles. The topological polar surface area (TPSA) is 104 Å². The summed E-state index contributed by atoms with van der Waals surface area (Å²) in [4.78, 5) is 13.0. The second-order valence-corrected chi connectivity index (χ2v) is 13.7. The van der Waals surface area contributed by atoms with Crippen LogP contribution in [-0.2, 0) is 30.6 Å². The molecule has 36 heavy (non-hydrogen) atoms. The van der Waals surface area contributed by atoms with Gasteiger partial charge in [0.2, 0.25) is 26.0 Å². The number of nitrogens with zero attached hydrogens (tertiary/aromatic N) is 2. The summed E-state index contributed by atoms with van der Waals surface area (Å²) in [7, 11) is -6.99. The third-order valence-electron chi connectivity index (χ3n) is 6.97. The van der Waals surface area contributed by atoms with E-state index in [9.17, 15) is 21.6 Å². The van der Waals surface area contributed by atoms with E-state index in [2.05, 4.69) is 5.32 Å². The largest absolute Gasteiger partial charge is 0.326 e. The van der Waals surface area contributed by atoms with Crippen molar-refractivity contribution in [1.82, 2.24) is 8.61 Å². The highest BCUT2D eigenvalue weighted by Crippen LogP contribution is 2.25. The number of hydrogen-bond donors (Lipinski definition) is 1. The normalized spacial score (nSPS) is 19.0. The lowest BCUT2D eigenvalue weighted by atomic mass is 9.97. The molecule has 0 aliphatic carbocycles. The number of amides is 1. The van der Waals surface area contributed by atoms with Gasteiger partial charge in [-0.15, -0.1) is 0 Å². The van der Waals surface area contributed by atoms with Gasteiger partial charge in [0.25, 0.3) is 0 Å². The molecule has 2 fully saturated rings. The van der Waals surface area contributed by atoms with Gasteiger partial charge in [-0.2, -0.15) is 4.31 Å². The van der Waals surface area contributed by atoms with E-state index >= 15 is 0 Å². The lowest BCUT2D eigenvalue weighted by molar-refractivity contribution is -0.120. The number of rotatable bonds is 7. The molecule has 2 saturated heterocycles. The zero-order valence-corrected chi connectivity index (χ0v) is 22.4. The second kappa shape index (κ2) is 11.4. The maximum absolute atomic E-state index is 12.9. The summed E-state index contributed by atoms with van der Waals surface area (Å²) in [6.45, 7) is 3.63. The van der Waals surface area contributed by atoms with Crippen LogP contribution in [0, 0.1) is 12.8 Å². The SMILES string of the molecule is Cc1cccc(CS(=O)(=O)N2CCC(C(=O)Nc3ccc(S(=O)(=O)N4CCCCCC4)cc3)CC2)c1. The van der Waals surface area contributed by atoms with Gasteiger partial charge in [0, 0.05) is 37.8 Å². The summed E-state index contributed by atoms with van der Waals surface area (Å²) in [5.41, 5.74) is 2.31. The molecular weight excluding hydrogens is 498 g/mol. The Morgan fingerprint density at radius 3 is 2.11 bits per heavy atom. The van der Waals surface area contributed by atoms with Crippen LogP contribution >= 0.6 is 0 Å². The Labute approximate surface area is 214 Å². The average Bonchev–Trinajstić information content (AvgIpc) is 3.15. The predicted octanol–water partition coefficient (Wildman–Crippen LogP) is 3.74. The summed E-state index contributed by atoms with van der Waals surface area (Å²) >= 11 is 0. The van der Waals surface area contributed by atoms with Gasteiger partial charge in [-0.25, -0.2) is 21.1 Å². The van der Waals surface area contributed by atoms with E-state index in [1.807, 2.05) is 31.2 Å². The fraction of sp³-hybridized carbons (Fsp3) is 0.500. The first-order valence-electron chi connectivity index (χ1n) is 12.6. The van der Waals surface area contributed by atoms with Crippen LogP contribution in [-0.4, -0.2) is 57.5 Å². The molecule has 2 aromatic carbocycles. The molecule has 1 N–H and O–H groups in total. The van der Waals surface area contributed by atoms with E-state index in [0.29, 0.717) is 44.7 Å². The summed E-state index contributed by atoms with van der Waals surface area (Å²) < 4.78 is 54.6. The Balaban J connectivity index is 1.31. The molecule has 0 radical (unpaired) electrons. The van der Waals surface area contributed by atoms with E-state index < -0.39 is 20.0 Å². The molecule has 2 aliphatic rings. The number of benzene rings is 2. The molecule has 0 unspecified atom stereocenters. The average molecular weight is 534 g/mol. The first kappa shape index (κ1) is 26.8. The summed E-state index contributed by atoms with van der Waals surface area (Å²) in [5, 5.41) is 2.86. The molecule has 0 aromatic heterocycles. The zero-order chi connectivity index (χ0) is 25.8. The van der Waals surface area contributed by atoms with Gasteiger partial charge in [-0.3, -0.25) is 4.79 Å². The minimum absolute atomic E-state index is 0.0434. The van der Waals surface area contributed by atoms with E-state index in [0.717, 1.165) is 36.8 Å². The minimum Gasteiger partial charge on any atom is -0.326 e. The molecule has 0 atom stereocenters. The summed E-state index contributed by atoms with van der Waals surface area (Å²) in [6, 6.07) is 13.8. The maximum Gasteiger partial charge on any atom is 0.243 e. The van der Waals surface area contributed by atoms with Gasteiger partial charge in [0.15, 0.2) is 0 Å². The van der Waals surface area contributed by atoms with Crippen LogP contribution in [0.5, 0.6) is 0 Å². The number of hydrogen-bond acceptors (Lipinski definition) is 5. The second-order valence-electron chi connectivity index (χ2n) is 9.75. The van der Waals surface area contributed by atoms with E-state index in [-0.39, 0.29) is 22.5 Å². The number of carbonyl (C=O) groups excluding carboxylic acids is 1. The van der Waals surface area contributed by atoms with Gasteiger partial charge in [-0.1, -0.05) is 42.7 Å². The highest BCUT2D eigenvalue weighted by molar-refractivity contribution is 7.89. The highest BCUT2D eigenvalue weighted by atomic mass is 32.2. The predicted molar refractivity (Wildman–Crippen MR) is 140 cm³/mol. The molecule has 10 heteroatoms. The molecule has 196 valence electrons. The summed E-state index contributed by atoms with van der Waals surface area (Å²) in [5.74, 6) is -0.511. The molecular formula is C26H35N3O5S2. The molecule has 2 heterocycles. The van der Waals surface area contributed by atoms with Crippen LogP contribution in [0.25, 0.3) is 0 Å². The van der Waals surface area contributed by atoms with E-state index in [1.54, 1.807) is 16.4 Å². The fourth-order valence-corrected chi connectivity index (χ4v) is 7.95. The number of sulfonamides is 2. The Morgan fingerprint density at radius 2 is 1.50 bits per heavy atom. The Bertz CT molecular complexity index is 1260. The lowest BCUT2D eigenvalue weighted by Crippen LogP contribution is -2.41. The van der Waals surface area contributed by atoms with Crippen molar-refractivity contribution >= 4 is 31.6 Å². The van der Waals surface area contributed by atoms with Gasteiger partial charge in [0.1, 0.15) is 0 Å². The Hall–Kier alpha value is -2.27. The van der Waals surface area contributed by atoms with Crippen molar-refractivity contribution in [2.45, 2.75) is 56.1 Å². The van der Waals surface area contributed by atoms with Crippen molar-refractivity contribution in [3.05, 3.63) is 59.7 Å². The van der Waals surface area contributed by atoms with Crippen molar-refractivity contribution in [2.24, 2.45) is 5.92 Å². The van der Waals surface area contributed by atoms with Gasteiger partial charge < -0.3 is 5.32 Å². The third kappa shape index (κ3) is 6.53. The fourth-order valence-electron chi connectivity index (χ4n) is 4.89. The van der Waals surface area contributed by atoms with Crippen molar-refractivity contribution in [1.29, 1.82) is 0 Å². The number of nitrogens with one attached hydrogen (secondary N) is 1. The van der Waals surface area contributed by atoms with Crippen molar-refractivity contribution in [3.8, 4) is 0 Å². The number of piperidine rings is 1. The van der Waals surface area contributed by atoms with E-state index in [4.69, 9.17) is 0 Å². The van der Waals surface area contributed by atoms with Gasteiger partial charge in [0.05, 0.1) is 10.6 Å². The van der Waals surface area contributed by atoms with Crippen LogP contribution in [0.3, 0.4) is 0 Å². The third-order valence-corrected chi connectivity index (χ3v) is 10.7. The van der Waals surface area contributed by atoms with Gasteiger partial charge in [-0.05, 0) is 62.4 Å². The molecule has 2 aromatic rings. The van der Waals surface area contributed by atoms with Crippen molar-refractivity contribution in [2.75, 3.05) is 31.5 Å². The van der Waals surface area contributed by atoms with Crippen LogP contribution in [0.2, 0.25) is 0 Å². The first-order chi connectivity index (χ1) is 17.1. The molecule has 4 rings (SSSR count). The lowest BCUT2D eigenvalue weighted by Gasteiger charge is -2.30. The van der Waals surface area contributed by atoms with Crippen molar-refractivity contribution in [3.63, 3.8) is 0 Å². The monoisotopic (exact) mass is 533 g/mol. The minimum atomic E-state index is -3.54. The molecule has 2 aliphatic heterocycles. The summed E-state index contributed by atoms with van der Waals surface area (Å²) in [6.07, 6.45) is 4.74. The van der Waals surface area contributed by atoms with Crippen LogP contribution in [0.4, 0.5) is 5.69 Å².